The first-order valence-corrected chi connectivity index (χ1v) is 9.07. The van der Waals surface area contributed by atoms with E-state index in [-0.39, 0.29) is 12.6 Å². The Labute approximate surface area is 160 Å². The number of hydrogen-bond donors (Lipinski definition) is 2. The zero-order valence-corrected chi connectivity index (χ0v) is 15.3. The van der Waals surface area contributed by atoms with Crippen molar-refractivity contribution in [2.75, 3.05) is 6.61 Å². The van der Waals surface area contributed by atoms with Crippen LogP contribution >= 0.6 is 0 Å². The third-order valence-corrected chi connectivity index (χ3v) is 4.21. The molecule has 1 unspecified atom stereocenters. The maximum absolute atomic E-state index is 9.20. The van der Waals surface area contributed by atoms with Gasteiger partial charge in [-0.15, -0.1) is 0 Å². The summed E-state index contributed by atoms with van der Waals surface area (Å²) in [5.74, 6) is 1.37. The van der Waals surface area contributed by atoms with Gasteiger partial charge in [0.05, 0.1) is 6.61 Å². The second kappa shape index (κ2) is 9.76. The van der Waals surface area contributed by atoms with E-state index in [4.69, 9.17) is 15.2 Å². The zero-order valence-electron chi connectivity index (χ0n) is 15.3. The Morgan fingerprint density at radius 1 is 0.704 bits per heavy atom. The average Bonchev–Trinajstić information content (AvgIpc) is 2.73. The predicted octanol–water partition coefficient (Wildman–Crippen LogP) is 3.71. The van der Waals surface area contributed by atoms with Crippen molar-refractivity contribution >= 4 is 0 Å². The molecule has 0 radical (unpaired) electrons. The van der Waals surface area contributed by atoms with Crippen LogP contribution < -0.4 is 15.2 Å². The van der Waals surface area contributed by atoms with Crippen molar-refractivity contribution in [2.24, 2.45) is 5.73 Å². The minimum absolute atomic E-state index is 0.0491. The predicted molar refractivity (Wildman–Crippen MR) is 107 cm³/mol. The van der Waals surface area contributed by atoms with Gasteiger partial charge < -0.3 is 20.3 Å². The molecule has 140 valence electrons. The highest BCUT2D eigenvalue weighted by Gasteiger charge is 2.10. The summed E-state index contributed by atoms with van der Waals surface area (Å²) in [7, 11) is 0. The van der Waals surface area contributed by atoms with Gasteiger partial charge >= 0.3 is 0 Å². The fourth-order valence-electron chi connectivity index (χ4n) is 2.75. The molecule has 3 aromatic carbocycles. The molecule has 0 spiro atoms. The van der Waals surface area contributed by atoms with Crippen molar-refractivity contribution in [1.29, 1.82) is 0 Å². The molecule has 0 saturated heterocycles. The quantitative estimate of drug-likeness (QED) is 0.608. The van der Waals surface area contributed by atoms with E-state index in [0.29, 0.717) is 31.1 Å². The van der Waals surface area contributed by atoms with Crippen molar-refractivity contribution in [3.63, 3.8) is 0 Å². The van der Waals surface area contributed by atoms with E-state index in [9.17, 15) is 5.11 Å². The Bertz CT molecular complexity index is 822. The number of aliphatic hydroxyl groups is 1. The van der Waals surface area contributed by atoms with Crippen molar-refractivity contribution in [3.05, 3.63) is 95.6 Å². The van der Waals surface area contributed by atoms with Crippen LogP contribution in [0, 0.1) is 0 Å². The monoisotopic (exact) mass is 363 g/mol. The Morgan fingerprint density at radius 3 is 1.81 bits per heavy atom. The number of nitrogens with two attached hydrogens (primary N) is 1. The first kappa shape index (κ1) is 19.0. The smallest absolute Gasteiger partial charge is 0.161 e. The molecule has 4 nitrogen and oxygen atoms in total. The number of benzene rings is 3. The number of aliphatic hydroxyl groups excluding tert-OH is 1. The lowest BCUT2D eigenvalue weighted by Gasteiger charge is -2.16. The van der Waals surface area contributed by atoms with Crippen LogP contribution in [0.2, 0.25) is 0 Å². The third-order valence-electron chi connectivity index (χ3n) is 4.21. The molecular formula is C23H25NO3. The van der Waals surface area contributed by atoms with Crippen LogP contribution in [0.4, 0.5) is 0 Å². The molecule has 4 heteroatoms. The molecular weight excluding hydrogens is 338 g/mol. The topological polar surface area (TPSA) is 64.7 Å². The van der Waals surface area contributed by atoms with E-state index in [1.165, 1.54) is 0 Å². The van der Waals surface area contributed by atoms with Crippen molar-refractivity contribution in [1.82, 2.24) is 0 Å². The van der Waals surface area contributed by atoms with Gasteiger partial charge in [-0.05, 0) is 35.2 Å². The van der Waals surface area contributed by atoms with E-state index in [1.807, 2.05) is 78.9 Å². The van der Waals surface area contributed by atoms with Crippen molar-refractivity contribution in [3.8, 4) is 11.5 Å². The van der Waals surface area contributed by atoms with Gasteiger partial charge in [0.15, 0.2) is 11.5 Å². The molecule has 0 amide bonds. The van der Waals surface area contributed by atoms with Gasteiger partial charge in [0.2, 0.25) is 0 Å². The molecule has 0 heterocycles. The van der Waals surface area contributed by atoms with Gasteiger partial charge in [0.25, 0.3) is 0 Å². The molecule has 1 atom stereocenters. The molecule has 0 aliphatic carbocycles. The standard InChI is InChI=1S/C23H25NO3/c24-21(15-25)13-20-11-12-22(26-16-18-7-3-1-4-8-18)23(14-20)27-17-19-9-5-2-6-10-19/h1-12,14,21,25H,13,15-17,24H2. The van der Waals surface area contributed by atoms with Crippen molar-refractivity contribution in [2.45, 2.75) is 25.7 Å². The Balaban J connectivity index is 1.75. The number of hydrogen-bond acceptors (Lipinski definition) is 4. The number of ether oxygens (including phenoxy) is 2. The molecule has 0 bridgehead atoms. The summed E-state index contributed by atoms with van der Waals surface area (Å²) in [6.45, 7) is 0.878. The van der Waals surface area contributed by atoms with E-state index in [1.54, 1.807) is 0 Å². The van der Waals surface area contributed by atoms with Gasteiger partial charge in [-0.2, -0.15) is 0 Å². The first-order chi connectivity index (χ1) is 13.2. The molecule has 0 aliphatic rings. The minimum atomic E-state index is -0.289. The van der Waals surface area contributed by atoms with Gasteiger partial charge in [-0.25, -0.2) is 0 Å². The Hall–Kier alpha value is -2.82. The van der Waals surface area contributed by atoms with E-state index >= 15 is 0 Å². The summed E-state index contributed by atoms with van der Waals surface area (Å²) < 4.78 is 12.0. The van der Waals surface area contributed by atoms with Crippen LogP contribution in [0.3, 0.4) is 0 Å². The fourth-order valence-corrected chi connectivity index (χ4v) is 2.75. The fraction of sp³-hybridized carbons (Fsp3) is 0.217. The van der Waals surface area contributed by atoms with Crippen LogP contribution in [-0.4, -0.2) is 17.8 Å². The zero-order chi connectivity index (χ0) is 18.9. The van der Waals surface area contributed by atoms with Gasteiger partial charge in [0, 0.05) is 6.04 Å². The molecule has 27 heavy (non-hydrogen) atoms. The minimum Gasteiger partial charge on any atom is -0.485 e. The molecule has 0 aliphatic heterocycles. The van der Waals surface area contributed by atoms with Gasteiger partial charge in [0.1, 0.15) is 13.2 Å². The lowest BCUT2D eigenvalue weighted by Crippen LogP contribution is -2.26. The highest BCUT2D eigenvalue weighted by molar-refractivity contribution is 5.43. The Morgan fingerprint density at radius 2 is 1.26 bits per heavy atom. The van der Waals surface area contributed by atoms with Crippen LogP contribution in [0.1, 0.15) is 16.7 Å². The molecule has 0 saturated carbocycles. The average molecular weight is 363 g/mol. The summed E-state index contributed by atoms with van der Waals surface area (Å²) in [6.07, 6.45) is 0.581. The summed E-state index contributed by atoms with van der Waals surface area (Å²) >= 11 is 0. The second-order valence-electron chi connectivity index (χ2n) is 6.48. The largest absolute Gasteiger partial charge is 0.485 e. The molecule has 3 rings (SSSR count). The van der Waals surface area contributed by atoms with Crippen LogP contribution in [0.25, 0.3) is 0 Å². The molecule has 3 N–H and O–H groups in total. The lowest BCUT2D eigenvalue weighted by molar-refractivity contribution is 0.254. The third kappa shape index (κ3) is 5.84. The highest BCUT2D eigenvalue weighted by Crippen LogP contribution is 2.30. The summed E-state index contributed by atoms with van der Waals surface area (Å²) in [5.41, 5.74) is 9.06. The van der Waals surface area contributed by atoms with Crippen LogP contribution in [-0.2, 0) is 19.6 Å². The lowest BCUT2D eigenvalue weighted by atomic mass is 10.1. The maximum atomic E-state index is 9.20. The van der Waals surface area contributed by atoms with Crippen molar-refractivity contribution < 1.29 is 14.6 Å². The summed E-state index contributed by atoms with van der Waals surface area (Å²) in [6, 6.07) is 25.5. The van der Waals surface area contributed by atoms with E-state index in [0.717, 1.165) is 16.7 Å². The number of rotatable bonds is 9. The maximum Gasteiger partial charge on any atom is 0.161 e. The van der Waals surface area contributed by atoms with Crippen LogP contribution in [0.5, 0.6) is 11.5 Å². The van der Waals surface area contributed by atoms with Gasteiger partial charge in [-0.3, -0.25) is 0 Å². The highest BCUT2D eigenvalue weighted by atomic mass is 16.5. The van der Waals surface area contributed by atoms with E-state index in [2.05, 4.69) is 0 Å². The first-order valence-electron chi connectivity index (χ1n) is 9.07. The normalized spacial score (nSPS) is 11.8. The molecule has 3 aromatic rings. The molecule has 0 fully saturated rings. The summed E-state index contributed by atoms with van der Waals surface area (Å²) in [4.78, 5) is 0. The SMILES string of the molecule is NC(CO)Cc1ccc(OCc2ccccc2)c(OCc2ccccc2)c1. The Kier molecular flexibility index (Phi) is 6.85. The van der Waals surface area contributed by atoms with Crippen LogP contribution in [0.15, 0.2) is 78.9 Å². The van der Waals surface area contributed by atoms with Gasteiger partial charge in [-0.1, -0.05) is 66.7 Å². The second-order valence-corrected chi connectivity index (χ2v) is 6.48. The van der Waals surface area contributed by atoms with E-state index < -0.39 is 0 Å². The summed E-state index contributed by atoms with van der Waals surface area (Å²) in [5, 5.41) is 9.20. The molecule has 0 aromatic heterocycles.